The van der Waals surface area contributed by atoms with Crippen molar-refractivity contribution in [3.8, 4) is 5.82 Å². The average Bonchev–Trinajstić information content (AvgIpc) is 3.87. The first-order chi connectivity index (χ1) is 30.4. The van der Waals surface area contributed by atoms with Gasteiger partial charge < -0.3 is 25.5 Å². The van der Waals surface area contributed by atoms with E-state index in [-0.39, 0.29) is 54.6 Å². The fourth-order valence-corrected chi connectivity index (χ4v) is 9.17. The Morgan fingerprint density at radius 2 is 1.78 bits per heavy atom. The number of aliphatic hydroxyl groups is 1. The molecule has 324 valence electrons. The summed E-state index contributed by atoms with van der Waals surface area (Å²) in [5.41, 5.74) is 3.01. The Kier molecular flexibility index (Phi) is 10.6. The number of allylic oxidation sites excluding steroid dienone is 1. The number of fused-ring (bicyclic) bond motifs is 3. The first kappa shape index (κ1) is 41.2. The van der Waals surface area contributed by atoms with E-state index in [1.165, 1.54) is 16.9 Å². The normalized spacial score (nSPS) is 19.9. The molecular formula is C45H47N11O7. The number of hydrogen-bond acceptors (Lipinski definition) is 13. The molecule has 2 fully saturated rings. The zero-order chi connectivity index (χ0) is 44.2. The van der Waals surface area contributed by atoms with Gasteiger partial charge in [-0.05, 0) is 86.6 Å². The molecule has 3 aliphatic heterocycles. The molecule has 0 radical (unpaired) electrons. The fraction of sp³-hybridized carbons (Fsp3) is 0.356. The molecule has 0 bridgehead atoms. The number of hydrogen-bond donors (Lipinski definition) is 4. The van der Waals surface area contributed by atoms with Crippen molar-refractivity contribution in [3.05, 3.63) is 106 Å². The van der Waals surface area contributed by atoms with E-state index in [0.29, 0.717) is 60.1 Å². The van der Waals surface area contributed by atoms with Crippen LogP contribution in [0.25, 0.3) is 16.9 Å². The van der Waals surface area contributed by atoms with Crippen molar-refractivity contribution in [3.63, 3.8) is 0 Å². The molecule has 0 spiro atoms. The second-order valence-electron chi connectivity index (χ2n) is 16.4. The summed E-state index contributed by atoms with van der Waals surface area (Å²) in [4.78, 5) is 96.8. The molecule has 2 aromatic carbocycles. The summed E-state index contributed by atoms with van der Waals surface area (Å²) in [5, 5.41) is 20.1. The van der Waals surface area contributed by atoms with Gasteiger partial charge >= 0.3 is 0 Å². The lowest BCUT2D eigenvalue weighted by molar-refractivity contribution is -0.136. The predicted octanol–water partition coefficient (Wildman–Crippen LogP) is 3.39. The number of anilines is 4. The van der Waals surface area contributed by atoms with Gasteiger partial charge in [0.15, 0.2) is 11.5 Å². The van der Waals surface area contributed by atoms with Crippen molar-refractivity contribution in [2.45, 2.75) is 76.1 Å². The van der Waals surface area contributed by atoms with Gasteiger partial charge in [-0.1, -0.05) is 25.1 Å². The number of imide groups is 2. The van der Waals surface area contributed by atoms with Crippen LogP contribution >= 0.6 is 0 Å². The van der Waals surface area contributed by atoms with Gasteiger partial charge in [0.2, 0.25) is 23.7 Å². The largest absolute Gasteiger partial charge is 0.384 e. The molecule has 1 aliphatic carbocycles. The van der Waals surface area contributed by atoms with Gasteiger partial charge in [-0.2, -0.15) is 4.98 Å². The van der Waals surface area contributed by atoms with E-state index in [1.54, 1.807) is 34.8 Å². The summed E-state index contributed by atoms with van der Waals surface area (Å²) in [6.07, 6.45) is 6.53. The quantitative estimate of drug-likeness (QED) is 0.105. The van der Waals surface area contributed by atoms with Crippen molar-refractivity contribution in [2.24, 2.45) is 0 Å². The van der Waals surface area contributed by atoms with Gasteiger partial charge in [0.1, 0.15) is 17.0 Å². The maximum atomic E-state index is 13.5. The highest BCUT2D eigenvalue weighted by molar-refractivity contribution is 6.25. The van der Waals surface area contributed by atoms with Gasteiger partial charge in [-0.3, -0.25) is 39.0 Å². The third-order valence-electron chi connectivity index (χ3n) is 12.8. The van der Waals surface area contributed by atoms with Crippen LogP contribution in [0.5, 0.6) is 0 Å². The SMILES string of the molecule is C=CCn1c(=O)c2cnc(Nc3ccc(N4CCC(N(C)C(=O)CNc5cccc6c5C(=O)N(C5CCC(=O)NC5=O)C6=O)CC4)cc3)nc2n1-c1ccc2c(n1)[C@@](O)(CC)CC2. The van der Waals surface area contributed by atoms with E-state index in [1.807, 2.05) is 43.3 Å². The minimum atomic E-state index is -1.08. The van der Waals surface area contributed by atoms with Crippen molar-refractivity contribution >= 4 is 63.6 Å². The Balaban J connectivity index is 0.824. The second-order valence-corrected chi connectivity index (χ2v) is 16.4. The number of piperidine rings is 2. The van der Waals surface area contributed by atoms with Crippen LogP contribution in [0.4, 0.5) is 23.0 Å². The van der Waals surface area contributed by atoms with Crippen LogP contribution in [0.3, 0.4) is 0 Å². The Labute approximate surface area is 361 Å². The number of carbonyl (C=O) groups excluding carboxylic acids is 5. The fourth-order valence-electron chi connectivity index (χ4n) is 9.17. The number of aromatic nitrogens is 5. The summed E-state index contributed by atoms with van der Waals surface area (Å²) in [6, 6.07) is 15.3. The first-order valence-corrected chi connectivity index (χ1v) is 21.2. The highest BCUT2D eigenvalue weighted by Crippen LogP contribution is 2.39. The second kappa shape index (κ2) is 16.2. The summed E-state index contributed by atoms with van der Waals surface area (Å²) < 4.78 is 3.17. The standard InChI is InChI=1S/C45H47N11O7/c1-4-21-54-41(60)31-24-47-44(51-39(31)56(54)34-15-9-26-17-20-45(63,5-2)38(26)49-34)48-27-10-12-29(13-11-27)53-22-18-28(19-23-53)52(3)36(58)25-46-32-8-6-7-30-37(32)43(62)55(42(30)61)33-14-16-35(57)50-40(33)59/h4,6-13,15,24,28,33,46,63H,1,5,14,16-23,25H2,2-3H3,(H,47,48,51)(H,50,57,59)/t33?,45-/m1/s1. The minimum absolute atomic E-state index is 0.0140. The Morgan fingerprint density at radius 1 is 1.00 bits per heavy atom. The summed E-state index contributed by atoms with van der Waals surface area (Å²) in [5.74, 6) is -1.80. The average molecular weight is 854 g/mol. The van der Waals surface area contributed by atoms with E-state index >= 15 is 0 Å². The minimum Gasteiger partial charge on any atom is -0.384 e. The van der Waals surface area contributed by atoms with E-state index < -0.39 is 35.3 Å². The maximum absolute atomic E-state index is 13.5. The summed E-state index contributed by atoms with van der Waals surface area (Å²) in [7, 11) is 1.76. The first-order valence-electron chi connectivity index (χ1n) is 21.2. The molecule has 4 aliphatic rings. The smallest absolute Gasteiger partial charge is 0.278 e. The van der Waals surface area contributed by atoms with E-state index in [9.17, 15) is 33.9 Å². The molecule has 1 unspecified atom stereocenters. The van der Waals surface area contributed by atoms with Gasteiger partial charge in [-0.15, -0.1) is 6.58 Å². The third-order valence-corrected chi connectivity index (χ3v) is 12.8. The highest BCUT2D eigenvalue weighted by atomic mass is 16.3. The van der Waals surface area contributed by atoms with Gasteiger partial charge in [-0.25, -0.2) is 19.3 Å². The molecule has 18 nitrogen and oxygen atoms in total. The van der Waals surface area contributed by atoms with E-state index in [2.05, 4.69) is 32.4 Å². The van der Waals surface area contributed by atoms with E-state index in [0.717, 1.165) is 41.1 Å². The van der Waals surface area contributed by atoms with Crippen LogP contribution in [0, 0.1) is 0 Å². The zero-order valence-electron chi connectivity index (χ0n) is 35.0. The number of pyridine rings is 1. The van der Waals surface area contributed by atoms with Crippen molar-refractivity contribution in [2.75, 3.05) is 42.2 Å². The van der Waals surface area contributed by atoms with Crippen LogP contribution in [-0.4, -0.2) is 108 Å². The van der Waals surface area contributed by atoms with Crippen LogP contribution < -0.4 is 26.4 Å². The van der Waals surface area contributed by atoms with Crippen LogP contribution in [-0.2, 0) is 33.0 Å². The molecule has 4 N–H and O–H groups in total. The van der Waals surface area contributed by atoms with E-state index in [4.69, 9.17) is 9.97 Å². The van der Waals surface area contributed by atoms with Crippen LogP contribution in [0.1, 0.15) is 77.4 Å². The van der Waals surface area contributed by atoms with Gasteiger partial charge in [0.05, 0.1) is 29.9 Å². The number of benzene rings is 2. The van der Waals surface area contributed by atoms with Gasteiger partial charge in [0, 0.05) is 55.9 Å². The molecule has 5 amide bonds. The van der Waals surface area contributed by atoms with Crippen LogP contribution in [0.2, 0.25) is 0 Å². The molecule has 0 saturated carbocycles. The zero-order valence-corrected chi connectivity index (χ0v) is 35.0. The molecule has 3 aromatic heterocycles. The number of amides is 5. The lowest BCUT2D eigenvalue weighted by atomic mass is 9.98. The van der Waals surface area contributed by atoms with Crippen LogP contribution in [0.15, 0.2) is 78.2 Å². The Hall–Kier alpha value is -7.21. The number of carbonyl (C=O) groups is 5. The monoisotopic (exact) mass is 853 g/mol. The van der Waals surface area contributed by atoms with Gasteiger partial charge in [0.25, 0.3) is 17.4 Å². The lowest BCUT2D eigenvalue weighted by Gasteiger charge is -2.38. The molecule has 18 heteroatoms. The van der Waals surface area contributed by atoms with Crippen molar-refractivity contribution in [1.29, 1.82) is 0 Å². The van der Waals surface area contributed by atoms with Crippen molar-refractivity contribution in [1.82, 2.24) is 39.4 Å². The summed E-state index contributed by atoms with van der Waals surface area (Å²) in [6.45, 7) is 7.32. The predicted molar refractivity (Wildman–Crippen MR) is 233 cm³/mol. The molecule has 2 saturated heterocycles. The number of nitrogens with one attached hydrogen (secondary N) is 3. The molecular weight excluding hydrogens is 807 g/mol. The number of rotatable bonds is 12. The number of aryl methyl sites for hydroxylation is 1. The number of likely N-dealkylation sites (N-methyl/N-ethyl adjacent to an activating group) is 1. The lowest BCUT2D eigenvalue weighted by Crippen LogP contribution is -2.54. The highest BCUT2D eigenvalue weighted by Gasteiger charge is 2.46. The molecule has 2 atom stereocenters. The third kappa shape index (κ3) is 7.28. The topological polar surface area (TPSA) is 217 Å². The Morgan fingerprint density at radius 3 is 2.51 bits per heavy atom. The molecule has 63 heavy (non-hydrogen) atoms. The maximum Gasteiger partial charge on any atom is 0.278 e. The Bertz CT molecular complexity index is 2770. The summed E-state index contributed by atoms with van der Waals surface area (Å²) >= 11 is 0. The van der Waals surface area contributed by atoms with Crippen molar-refractivity contribution < 1.29 is 29.1 Å². The molecule has 9 rings (SSSR count). The number of nitrogens with zero attached hydrogens (tertiary/aromatic N) is 8. The molecule has 5 aromatic rings. The molecule has 6 heterocycles.